The van der Waals surface area contributed by atoms with Crippen molar-refractivity contribution in [3.63, 3.8) is 0 Å². The summed E-state index contributed by atoms with van der Waals surface area (Å²) in [6, 6.07) is 12.3. The molecule has 0 atom stereocenters. The molecule has 128 valence electrons. The quantitative estimate of drug-likeness (QED) is 0.923. The van der Waals surface area contributed by atoms with E-state index in [4.69, 9.17) is 9.47 Å². The van der Waals surface area contributed by atoms with Gasteiger partial charge >= 0.3 is 0 Å². The van der Waals surface area contributed by atoms with Gasteiger partial charge in [0.1, 0.15) is 13.2 Å². The molecule has 1 N–H and O–H groups in total. The van der Waals surface area contributed by atoms with Crippen LogP contribution in [-0.4, -0.2) is 21.6 Å². The molecule has 2 aromatic rings. The summed E-state index contributed by atoms with van der Waals surface area (Å²) in [5.41, 5.74) is 1.03. The van der Waals surface area contributed by atoms with Crippen molar-refractivity contribution in [2.75, 3.05) is 13.2 Å². The van der Waals surface area contributed by atoms with Gasteiger partial charge in [0.15, 0.2) is 11.5 Å². The van der Waals surface area contributed by atoms with Gasteiger partial charge in [-0.2, -0.15) is 0 Å². The van der Waals surface area contributed by atoms with Crippen molar-refractivity contribution in [3.05, 3.63) is 53.6 Å². The molecule has 24 heavy (non-hydrogen) atoms. The van der Waals surface area contributed by atoms with Crippen LogP contribution in [0.4, 0.5) is 0 Å². The van der Waals surface area contributed by atoms with Gasteiger partial charge in [-0.15, -0.1) is 0 Å². The van der Waals surface area contributed by atoms with E-state index >= 15 is 0 Å². The van der Waals surface area contributed by atoms with E-state index in [-0.39, 0.29) is 4.90 Å². The first kappa shape index (κ1) is 16.8. The van der Waals surface area contributed by atoms with E-state index < -0.39 is 15.6 Å². The number of fused-ring (bicyclic) bond motifs is 1. The zero-order chi connectivity index (χ0) is 17.4. The summed E-state index contributed by atoms with van der Waals surface area (Å²) in [6.07, 6.45) is 0. The molecule has 5 nitrogen and oxygen atoms in total. The third-order valence-electron chi connectivity index (χ3n) is 3.98. The SMILES string of the molecule is Cc1ccc(S(=O)(=O)NC(C)(C)c2ccc3c(c2)OCCO3)cc1. The highest BCUT2D eigenvalue weighted by atomic mass is 32.2. The van der Waals surface area contributed by atoms with Crippen molar-refractivity contribution in [1.29, 1.82) is 0 Å². The first-order valence-electron chi connectivity index (χ1n) is 7.79. The number of aryl methyl sites for hydroxylation is 1. The standard InChI is InChI=1S/C18H21NO4S/c1-13-4-7-15(8-5-13)24(20,21)19-18(2,3)14-6-9-16-17(12-14)23-11-10-22-16/h4-9,12,19H,10-11H2,1-3H3. The molecular weight excluding hydrogens is 326 g/mol. The van der Waals surface area contributed by atoms with Gasteiger partial charge in [0.2, 0.25) is 10.0 Å². The maximum atomic E-state index is 12.7. The molecular formula is C18H21NO4S. The second kappa shape index (κ2) is 6.11. The van der Waals surface area contributed by atoms with E-state index in [0.717, 1.165) is 11.1 Å². The van der Waals surface area contributed by atoms with E-state index in [1.54, 1.807) is 24.3 Å². The predicted octanol–water partition coefficient (Wildman–Crippen LogP) is 2.98. The summed E-state index contributed by atoms with van der Waals surface area (Å²) >= 11 is 0. The van der Waals surface area contributed by atoms with E-state index in [1.165, 1.54) is 0 Å². The maximum Gasteiger partial charge on any atom is 0.241 e. The molecule has 0 fully saturated rings. The lowest BCUT2D eigenvalue weighted by Crippen LogP contribution is -2.41. The summed E-state index contributed by atoms with van der Waals surface area (Å²) in [5.74, 6) is 1.32. The average Bonchev–Trinajstić information content (AvgIpc) is 2.54. The Bertz CT molecular complexity index is 842. The molecule has 0 saturated carbocycles. The van der Waals surface area contributed by atoms with Gasteiger partial charge in [0.05, 0.1) is 10.4 Å². The van der Waals surface area contributed by atoms with Crippen molar-refractivity contribution < 1.29 is 17.9 Å². The van der Waals surface area contributed by atoms with Crippen LogP contribution in [-0.2, 0) is 15.6 Å². The summed E-state index contributed by atoms with van der Waals surface area (Å²) in [7, 11) is -3.63. The predicted molar refractivity (Wildman–Crippen MR) is 92.0 cm³/mol. The van der Waals surface area contributed by atoms with Crippen LogP contribution in [0.3, 0.4) is 0 Å². The first-order chi connectivity index (χ1) is 11.3. The van der Waals surface area contributed by atoms with Crippen molar-refractivity contribution in [1.82, 2.24) is 4.72 Å². The third-order valence-corrected chi connectivity index (χ3v) is 5.66. The van der Waals surface area contributed by atoms with Crippen molar-refractivity contribution in [2.24, 2.45) is 0 Å². The Morgan fingerprint density at radius 3 is 2.25 bits per heavy atom. The topological polar surface area (TPSA) is 64.6 Å². The molecule has 0 aromatic heterocycles. The Morgan fingerprint density at radius 1 is 0.958 bits per heavy atom. The molecule has 0 amide bonds. The van der Waals surface area contributed by atoms with E-state index in [1.807, 2.05) is 39.0 Å². The third kappa shape index (κ3) is 3.39. The average molecular weight is 347 g/mol. The molecule has 3 rings (SSSR count). The smallest absolute Gasteiger partial charge is 0.241 e. The summed E-state index contributed by atoms with van der Waals surface area (Å²) in [4.78, 5) is 0.249. The lowest BCUT2D eigenvalue weighted by atomic mass is 9.95. The highest BCUT2D eigenvalue weighted by Gasteiger charge is 2.29. The summed E-state index contributed by atoms with van der Waals surface area (Å²) < 4.78 is 39.2. The Labute approximate surface area is 142 Å². The maximum absolute atomic E-state index is 12.7. The highest BCUT2D eigenvalue weighted by Crippen LogP contribution is 2.34. The summed E-state index contributed by atoms with van der Waals surface area (Å²) in [5, 5.41) is 0. The van der Waals surface area contributed by atoms with Crippen LogP contribution in [0.15, 0.2) is 47.4 Å². The van der Waals surface area contributed by atoms with Crippen LogP contribution in [0.5, 0.6) is 11.5 Å². The second-order valence-electron chi connectivity index (χ2n) is 6.40. The Morgan fingerprint density at radius 2 is 1.58 bits per heavy atom. The lowest BCUT2D eigenvalue weighted by molar-refractivity contribution is 0.171. The number of sulfonamides is 1. The molecule has 2 aromatic carbocycles. The fraction of sp³-hybridized carbons (Fsp3) is 0.333. The van der Waals surface area contributed by atoms with Gasteiger partial charge in [-0.05, 0) is 50.6 Å². The van der Waals surface area contributed by atoms with Crippen molar-refractivity contribution in [3.8, 4) is 11.5 Å². The van der Waals surface area contributed by atoms with E-state index in [2.05, 4.69) is 4.72 Å². The van der Waals surface area contributed by atoms with Gasteiger partial charge in [-0.25, -0.2) is 13.1 Å². The molecule has 1 heterocycles. The number of nitrogens with one attached hydrogen (secondary N) is 1. The first-order valence-corrected chi connectivity index (χ1v) is 9.27. The minimum Gasteiger partial charge on any atom is -0.486 e. The zero-order valence-corrected chi connectivity index (χ0v) is 14.8. The number of rotatable bonds is 4. The number of hydrogen-bond donors (Lipinski definition) is 1. The van der Waals surface area contributed by atoms with Crippen LogP contribution in [0, 0.1) is 6.92 Å². The van der Waals surface area contributed by atoms with Gasteiger partial charge < -0.3 is 9.47 Å². The van der Waals surface area contributed by atoms with E-state index in [0.29, 0.717) is 24.7 Å². The van der Waals surface area contributed by atoms with Crippen LogP contribution in [0.1, 0.15) is 25.0 Å². The van der Waals surface area contributed by atoms with E-state index in [9.17, 15) is 8.42 Å². The molecule has 0 aliphatic carbocycles. The lowest BCUT2D eigenvalue weighted by Gasteiger charge is -2.28. The van der Waals surface area contributed by atoms with Crippen LogP contribution in [0.2, 0.25) is 0 Å². The fourth-order valence-electron chi connectivity index (χ4n) is 2.60. The van der Waals surface area contributed by atoms with Gasteiger partial charge in [0.25, 0.3) is 0 Å². The fourth-order valence-corrected chi connectivity index (χ4v) is 4.01. The number of benzene rings is 2. The minimum absolute atomic E-state index is 0.249. The van der Waals surface area contributed by atoms with Crippen LogP contribution < -0.4 is 14.2 Å². The Kier molecular flexibility index (Phi) is 4.27. The Balaban J connectivity index is 1.89. The molecule has 0 spiro atoms. The van der Waals surface area contributed by atoms with Gasteiger partial charge in [0, 0.05) is 0 Å². The van der Waals surface area contributed by atoms with Gasteiger partial charge in [-0.3, -0.25) is 0 Å². The van der Waals surface area contributed by atoms with Crippen LogP contribution in [0.25, 0.3) is 0 Å². The monoisotopic (exact) mass is 347 g/mol. The second-order valence-corrected chi connectivity index (χ2v) is 8.08. The zero-order valence-electron chi connectivity index (χ0n) is 14.0. The summed E-state index contributed by atoms with van der Waals surface area (Å²) in [6.45, 7) is 6.58. The van der Waals surface area contributed by atoms with Crippen LogP contribution >= 0.6 is 0 Å². The normalized spacial score (nSPS) is 14.5. The van der Waals surface area contributed by atoms with Crippen molar-refractivity contribution in [2.45, 2.75) is 31.2 Å². The molecule has 0 radical (unpaired) electrons. The van der Waals surface area contributed by atoms with Gasteiger partial charge in [-0.1, -0.05) is 23.8 Å². The molecule has 0 bridgehead atoms. The molecule has 6 heteroatoms. The molecule has 1 aliphatic heterocycles. The highest BCUT2D eigenvalue weighted by molar-refractivity contribution is 7.89. The van der Waals surface area contributed by atoms with Crippen molar-refractivity contribution >= 4 is 10.0 Å². The Hall–Kier alpha value is -2.05. The molecule has 0 saturated heterocycles. The molecule has 1 aliphatic rings. The minimum atomic E-state index is -3.63. The molecule has 0 unspecified atom stereocenters. The largest absolute Gasteiger partial charge is 0.486 e. The number of hydrogen-bond acceptors (Lipinski definition) is 4. The number of ether oxygens (including phenoxy) is 2.